The van der Waals surface area contributed by atoms with Crippen LogP contribution < -0.4 is 10.6 Å². The topological polar surface area (TPSA) is 66.6 Å². The molecule has 2 saturated heterocycles. The molecular weight excluding hydrogens is 361 g/mol. The van der Waals surface area contributed by atoms with Crippen LogP contribution in [0.15, 0.2) is 24.3 Å². The van der Waals surface area contributed by atoms with Crippen molar-refractivity contribution in [2.75, 3.05) is 24.5 Å². The molecule has 0 spiro atoms. The Hall–Kier alpha value is -1.30. The van der Waals surface area contributed by atoms with Crippen molar-refractivity contribution in [2.24, 2.45) is 17.1 Å². The third kappa shape index (κ3) is 3.94. The van der Waals surface area contributed by atoms with Crippen LogP contribution in [0.5, 0.6) is 0 Å². The summed E-state index contributed by atoms with van der Waals surface area (Å²) in [5, 5.41) is 0.630. The molecular formula is C18H25Cl2N3O2. The van der Waals surface area contributed by atoms with Gasteiger partial charge in [-0.15, -0.1) is 12.4 Å². The summed E-state index contributed by atoms with van der Waals surface area (Å²) in [6.45, 7) is 5.96. The second-order valence-corrected chi connectivity index (χ2v) is 7.89. The van der Waals surface area contributed by atoms with Crippen molar-refractivity contribution < 1.29 is 9.59 Å². The summed E-state index contributed by atoms with van der Waals surface area (Å²) in [7, 11) is 0. The highest BCUT2D eigenvalue weighted by molar-refractivity contribution is 6.30. The van der Waals surface area contributed by atoms with E-state index < -0.39 is 5.92 Å². The SMILES string of the molecule is CC1(C)CN(C(=O)C2CCN(c3ccc(Cl)cc3)C2=O)CCC1N.Cl. The minimum absolute atomic E-state index is 0. The van der Waals surface area contributed by atoms with Crippen LogP contribution in [0.4, 0.5) is 5.69 Å². The average molecular weight is 386 g/mol. The minimum atomic E-state index is -0.578. The summed E-state index contributed by atoms with van der Waals surface area (Å²) in [6, 6.07) is 7.24. The number of carbonyl (C=O) groups excluding carboxylic acids is 2. The van der Waals surface area contributed by atoms with E-state index in [1.807, 2.05) is 17.0 Å². The zero-order valence-corrected chi connectivity index (χ0v) is 16.1. The molecule has 2 N–H and O–H groups in total. The fraction of sp³-hybridized carbons (Fsp3) is 0.556. The molecule has 138 valence electrons. The first-order valence-corrected chi connectivity index (χ1v) is 8.79. The highest BCUT2D eigenvalue weighted by atomic mass is 35.5. The molecule has 7 heteroatoms. The Kier molecular flexibility index (Phi) is 6.02. The highest BCUT2D eigenvalue weighted by Gasteiger charge is 2.43. The highest BCUT2D eigenvalue weighted by Crippen LogP contribution is 2.32. The summed E-state index contributed by atoms with van der Waals surface area (Å²) in [6.07, 6.45) is 1.34. The molecule has 0 aliphatic carbocycles. The van der Waals surface area contributed by atoms with Crippen LogP contribution in [0.25, 0.3) is 0 Å². The van der Waals surface area contributed by atoms with Crippen LogP contribution in [0.3, 0.4) is 0 Å². The minimum Gasteiger partial charge on any atom is -0.341 e. The van der Waals surface area contributed by atoms with Crippen molar-refractivity contribution in [3.63, 3.8) is 0 Å². The number of hydrogen-bond acceptors (Lipinski definition) is 3. The third-order valence-electron chi connectivity index (χ3n) is 5.27. The Morgan fingerprint density at radius 3 is 2.44 bits per heavy atom. The molecule has 2 amide bonds. The molecule has 0 aromatic heterocycles. The smallest absolute Gasteiger partial charge is 0.239 e. The van der Waals surface area contributed by atoms with E-state index in [1.54, 1.807) is 17.0 Å². The quantitative estimate of drug-likeness (QED) is 0.795. The largest absolute Gasteiger partial charge is 0.341 e. The number of anilines is 1. The Morgan fingerprint density at radius 2 is 1.84 bits per heavy atom. The van der Waals surface area contributed by atoms with E-state index in [1.165, 1.54) is 0 Å². The van der Waals surface area contributed by atoms with Gasteiger partial charge in [-0.3, -0.25) is 9.59 Å². The first-order valence-electron chi connectivity index (χ1n) is 8.41. The Labute approximate surface area is 159 Å². The molecule has 3 rings (SSSR count). The number of nitrogens with zero attached hydrogens (tertiary/aromatic N) is 2. The predicted molar refractivity (Wildman–Crippen MR) is 102 cm³/mol. The first kappa shape index (κ1) is 20.0. The Bertz CT molecular complexity index is 648. The molecule has 2 aliphatic rings. The maximum absolute atomic E-state index is 12.9. The van der Waals surface area contributed by atoms with Crippen molar-refractivity contribution in [3.05, 3.63) is 29.3 Å². The van der Waals surface area contributed by atoms with Crippen molar-refractivity contribution >= 4 is 41.5 Å². The van der Waals surface area contributed by atoms with Crippen LogP contribution in [0.2, 0.25) is 5.02 Å². The zero-order chi connectivity index (χ0) is 17.5. The summed E-state index contributed by atoms with van der Waals surface area (Å²) < 4.78 is 0. The second kappa shape index (κ2) is 7.52. The van der Waals surface area contributed by atoms with E-state index in [-0.39, 0.29) is 35.7 Å². The van der Waals surface area contributed by atoms with Gasteiger partial charge in [0, 0.05) is 36.4 Å². The van der Waals surface area contributed by atoms with Gasteiger partial charge >= 0.3 is 0 Å². The van der Waals surface area contributed by atoms with Gasteiger partial charge in [0.25, 0.3) is 0 Å². The molecule has 2 unspecified atom stereocenters. The predicted octanol–water partition coefficient (Wildman–Crippen LogP) is 2.70. The van der Waals surface area contributed by atoms with Crippen molar-refractivity contribution in [1.82, 2.24) is 4.90 Å². The first-order chi connectivity index (χ1) is 11.3. The van der Waals surface area contributed by atoms with Gasteiger partial charge in [0.05, 0.1) is 0 Å². The standard InChI is InChI=1S/C18H24ClN3O2.ClH/c1-18(2)11-21(9-8-15(18)20)16(23)14-7-10-22(17(14)24)13-5-3-12(19)4-6-13;/h3-6,14-15H,7-11,20H2,1-2H3;1H. The van der Waals surface area contributed by atoms with Crippen LogP contribution in [0, 0.1) is 11.3 Å². The van der Waals surface area contributed by atoms with Gasteiger partial charge in [-0.2, -0.15) is 0 Å². The molecule has 1 aromatic rings. The lowest BCUT2D eigenvalue weighted by molar-refractivity contribution is -0.142. The molecule has 2 atom stereocenters. The summed E-state index contributed by atoms with van der Waals surface area (Å²) in [5.41, 5.74) is 6.81. The Balaban J connectivity index is 0.00000225. The maximum Gasteiger partial charge on any atom is 0.239 e. The second-order valence-electron chi connectivity index (χ2n) is 7.45. The van der Waals surface area contributed by atoms with Crippen LogP contribution in [-0.2, 0) is 9.59 Å². The molecule has 2 fully saturated rings. The van der Waals surface area contributed by atoms with Gasteiger partial charge in [-0.1, -0.05) is 25.4 Å². The lowest BCUT2D eigenvalue weighted by Gasteiger charge is -2.43. The van der Waals surface area contributed by atoms with E-state index >= 15 is 0 Å². The van der Waals surface area contributed by atoms with Gasteiger partial charge < -0.3 is 15.5 Å². The lowest BCUT2D eigenvalue weighted by atomic mass is 9.79. The fourth-order valence-corrected chi connectivity index (χ4v) is 3.69. The average Bonchev–Trinajstić information content (AvgIpc) is 2.92. The number of amides is 2. The molecule has 1 aromatic carbocycles. The number of halogens is 2. The van der Waals surface area contributed by atoms with Crippen molar-refractivity contribution in [2.45, 2.75) is 32.7 Å². The van der Waals surface area contributed by atoms with Crippen molar-refractivity contribution in [3.8, 4) is 0 Å². The summed E-state index contributed by atoms with van der Waals surface area (Å²) in [5.74, 6) is -0.753. The number of benzene rings is 1. The number of nitrogens with two attached hydrogens (primary N) is 1. The normalized spacial score (nSPS) is 25.7. The molecule has 25 heavy (non-hydrogen) atoms. The number of likely N-dealkylation sites (tertiary alicyclic amines) is 1. The summed E-state index contributed by atoms with van der Waals surface area (Å²) in [4.78, 5) is 29.1. The number of piperidine rings is 1. The lowest BCUT2D eigenvalue weighted by Crippen LogP contribution is -2.55. The number of hydrogen-bond donors (Lipinski definition) is 1. The van der Waals surface area contributed by atoms with Gasteiger partial charge in [-0.05, 0) is 42.5 Å². The Morgan fingerprint density at radius 1 is 1.20 bits per heavy atom. The molecule has 2 aliphatic heterocycles. The number of rotatable bonds is 2. The third-order valence-corrected chi connectivity index (χ3v) is 5.52. The van der Waals surface area contributed by atoms with Gasteiger partial charge in [0.15, 0.2) is 0 Å². The van der Waals surface area contributed by atoms with Crippen LogP contribution in [-0.4, -0.2) is 42.4 Å². The van der Waals surface area contributed by atoms with E-state index in [0.717, 1.165) is 12.1 Å². The van der Waals surface area contributed by atoms with Gasteiger partial charge in [-0.25, -0.2) is 0 Å². The van der Waals surface area contributed by atoms with E-state index in [0.29, 0.717) is 31.1 Å². The van der Waals surface area contributed by atoms with E-state index in [2.05, 4.69) is 13.8 Å². The maximum atomic E-state index is 12.9. The van der Waals surface area contributed by atoms with Crippen LogP contribution in [0.1, 0.15) is 26.7 Å². The van der Waals surface area contributed by atoms with Gasteiger partial charge in [0.2, 0.25) is 11.8 Å². The van der Waals surface area contributed by atoms with Crippen molar-refractivity contribution in [1.29, 1.82) is 0 Å². The fourth-order valence-electron chi connectivity index (χ4n) is 3.57. The monoisotopic (exact) mass is 385 g/mol. The summed E-state index contributed by atoms with van der Waals surface area (Å²) >= 11 is 5.90. The van der Waals surface area contributed by atoms with E-state index in [9.17, 15) is 9.59 Å². The van der Waals surface area contributed by atoms with Crippen LogP contribution >= 0.6 is 24.0 Å². The molecule has 2 heterocycles. The molecule has 0 radical (unpaired) electrons. The molecule has 0 saturated carbocycles. The molecule has 0 bridgehead atoms. The van der Waals surface area contributed by atoms with E-state index in [4.69, 9.17) is 17.3 Å². The molecule has 5 nitrogen and oxygen atoms in total. The van der Waals surface area contributed by atoms with Gasteiger partial charge in [0.1, 0.15) is 5.92 Å². The number of carbonyl (C=O) groups is 2. The zero-order valence-electron chi connectivity index (χ0n) is 14.6.